The van der Waals surface area contributed by atoms with E-state index in [9.17, 15) is 4.79 Å². The zero-order chi connectivity index (χ0) is 25.2. The number of carbonyl (C=O) groups excluding carboxylic acids is 1. The number of aromatic amines is 1. The second kappa shape index (κ2) is 9.62. The standard InChI is InChI=1S/C27H23N7O3/c1-2-5-22(35)34-15-4-6-18(16-34)30-26-23-20(12-14-29-25(23)32-33-26)36-19-10-8-17(9-11-19)27-31-24-21(37-27)7-3-13-28-24/h3,7-14,18H,4,6,15-16H2,1H3,(H2,29,30,32,33)/t18-/m1/s1. The summed E-state index contributed by atoms with van der Waals surface area (Å²) in [7, 11) is 0. The van der Waals surface area contributed by atoms with Crippen LogP contribution in [-0.4, -0.2) is 55.1 Å². The minimum Gasteiger partial charge on any atom is -0.456 e. The van der Waals surface area contributed by atoms with Gasteiger partial charge in [-0.2, -0.15) is 10.1 Å². The van der Waals surface area contributed by atoms with Gasteiger partial charge in [-0.1, -0.05) is 5.92 Å². The first-order chi connectivity index (χ1) is 18.2. The number of nitrogens with one attached hydrogen (secondary N) is 2. The number of carbonyl (C=O) groups is 1. The molecule has 1 atom stereocenters. The Labute approximate surface area is 212 Å². The molecule has 0 saturated carbocycles. The quantitative estimate of drug-likeness (QED) is 0.346. The summed E-state index contributed by atoms with van der Waals surface area (Å²) in [5.74, 6) is 7.55. The van der Waals surface area contributed by atoms with Crippen molar-refractivity contribution in [2.45, 2.75) is 25.8 Å². The van der Waals surface area contributed by atoms with Crippen molar-refractivity contribution in [3.05, 3.63) is 54.9 Å². The van der Waals surface area contributed by atoms with E-state index in [2.05, 4.69) is 42.3 Å². The fraction of sp³-hybridized carbons (Fsp3) is 0.222. The normalized spacial score (nSPS) is 15.4. The van der Waals surface area contributed by atoms with Crippen molar-refractivity contribution in [1.29, 1.82) is 0 Å². The lowest BCUT2D eigenvalue weighted by Gasteiger charge is -2.32. The van der Waals surface area contributed by atoms with Crippen LogP contribution in [0.2, 0.25) is 0 Å². The maximum absolute atomic E-state index is 12.2. The van der Waals surface area contributed by atoms with E-state index >= 15 is 0 Å². The number of likely N-dealkylation sites (tertiary alicyclic amines) is 1. The fourth-order valence-electron chi connectivity index (χ4n) is 4.46. The number of aromatic nitrogens is 5. The van der Waals surface area contributed by atoms with Gasteiger partial charge in [-0.15, -0.1) is 0 Å². The second-order valence-electron chi connectivity index (χ2n) is 8.69. The summed E-state index contributed by atoms with van der Waals surface area (Å²) in [6.07, 6.45) is 5.16. The summed E-state index contributed by atoms with van der Waals surface area (Å²) in [5.41, 5.74) is 2.64. The van der Waals surface area contributed by atoms with Crippen molar-refractivity contribution in [3.63, 3.8) is 0 Å². The molecule has 1 amide bonds. The molecule has 2 N–H and O–H groups in total. The number of fused-ring (bicyclic) bond motifs is 2. The van der Waals surface area contributed by atoms with E-state index in [0.29, 0.717) is 53.2 Å². The van der Waals surface area contributed by atoms with Crippen molar-refractivity contribution >= 4 is 34.0 Å². The highest BCUT2D eigenvalue weighted by atomic mass is 16.5. The summed E-state index contributed by atoms with van der Waals surface area (Å²) in [4.78, 5) is 27.1. The topological polar surface area (TPSA) is 122 Å². The van der Waals surface area contributed by atoms with Crippen LogP contribution in [0.4, 0.5) is 5.82 Å². The van der Waals surface area contributed by atoms with Crippen LogP contribution in [0.3, 0.4) is 0 Å². The van der Waals surface area contributed by atoms with Gasteiger partial charge in [0.05, 0.1) is 0 Å². The van der Waals surface area contributed by atoms with E-state index in [1.165, 1.54) is 0 Å². The lowest BCUT2D eigenvalue weighted by Crippen LogP contribution is -2.44. The number of amides is 1. The number of benzene rings is 1. The summed E-state index contributed by atoms with van der Waals surface area (Å²) in [6, 6.07) is 13.0. The molecule has 1 aliphatic rings. The Morgan fingerprint density at radius 3 is 2.92 bits per heavy atom. The molecular formula is C27H23N7O3. The molecule has 1 aliphatic heterocycles. The van der Waals surface area contributed by atoms with Crippen LogP contribution in [-0.2, 0) is 4.79 Å². The molecule has 0 spiro atoms. The highest BCUT2D eigenvalue weighted by Gasteiger charge is 2.24. The molecule has 5 aromatic rings. The number of anilines is 1. The number of hydrogen-bond donors (Lipinski definition) is 2. The molecule has 0 radical (unpaired) electrons. The molecule has 6 rings (SSSR count). The third kappa shape index (κ3) is 4.54. The molecule has 1 aromatic carbocycles. The SMILES string of the molecule is CC#CC(=O)N1CCC[C@@H](Nc2n[nH]c3nccc(Oc4ccc(-c5nc6ncccc6o5)cc4)c23)C1. The Bertz CT molecular complexity index is 1610. The number of H-pyrrole nitrogens is 1. The van der Waals surface area contributed by atoms with Crippen LogP contribution in [0.15, 0.2) is 59.3 Å². The molecular weight excluding hydrogens is 470 g/mol. The molecule has 0 aliphatic carbocycles. The lowest BCUT2D eigenvalue weighted by molar-refractivity contribution is -0.126. The average Bonchev–Trinajstić information content (AvgIpc) is 3.54. The van der Waals surface area contributed by atoms with Gasteiger partial charge in [-0.3, -0.25) is 9.89 Å². The summed E-state index contributed by atoms with van der Waals surface area (Å²) in [6.45, 7) is 2.94. The monoisotopic (exact) mass is 493 g/mol. The Morgan fingerprint density at radius 2 is 2.08 bits per heavy atom. The minimum absolute atomic E-state index is 0.0426. The first-order valence-electron chi connectivity index (χ1n) is 12.0. The number of rotatable bonds is 5. The molecule has 10 heteroatoms. The molecule has 1 saturated heterocycles. The first kappa shape index (κ1) is 22.5. The third-order valence-corrected chi connectivity index (χ3v) is 6.20. The van der Waals surface area contributed by atoms with Gasteiger partial charge in [0, 0.05) is 43.2 Å². The van der Waals surface area contributed by atoms with E-state index in [-0.39, 0.29) is 11.9 Å². The molecule has 5 heterocycles. The summed E-state index contributed by atoms with van der Waals surface area (Å²) < 4.78 is 12.0. The molecule has 0 bridgehead atoms. The van der Waals surface area contributed by atoms with Crippen LogP contribution >= 0.6 is 0 Å². The van der Waals surface area contributed by atoms with Gasteiger partial charge < -0.3 is 19.4 Å². The molecule has 10 nitrogen and oxygen atoms in total. The number of nitrogens with zero attached hydrogens (tertiary/aromatic N) is 5. The van der Waals surface area contributed by atoms with Crippen molar-refractivity contribution in [1.82, 2.24) is 30.0 Å². The average molecular weight is 494 g/mol. The molecule has 184 valence electrons. The Kier molecular flexibility index (Phi) is 5.86. The van der Waals surface area contributed by atoms with Gasteiger partial charge in [0.25, 0.3) is 5.91 Å². The van der Waals surface area contributed by atoms with Crippen molar-refractivity contribution in [3.8, 4) is 34.8 Å². The third-order valence-electron chi connectivity index (χ3n) is 6.20. The van der Waals surface area contributed by atoms with E-state index in [1.54, 1.807) is 30.3 Å². The van der Waals surface area contributed by atoms with Crippen molar-refractivity contribution in [2.75, 3.05) is 18.4 Å². The number of hydrogen-bond acceptors (Lipinski definition) is 8. The maximum atomic E-state index is 12.2. The predicted molar refractivity (Wildman–Crippen MR) is 138 cm³/mol. The van der Waals surface area contributed by atoms with Crippen LogP contribution in [0.5, 0.6) is 11.5 Å². The van der Waals surface area contributed by atoms with Crippen LogP contribution in [0.1, 0.15) is 19.8 Å². The molecule has 0 unspecified atom stereocenters. The van der Waals surface area contributed by atoms with Crippen molar-refractivity contribution in [2.24, 2.45) is 0 Å². The van der Waals surface area contributed by atoms with Crippen LogP contribution in [0.25, 0.3) is 33.7 Å². The molecule has 1 fully saturated rings. The minimum atomic E-state index is -0.149. The van der Waals surface area contributed by atoms with Gasteiger partial charge in [0.2, 0.25) is 5.89 Å². The van der Waals surface area contributed by atoms with E-state index < -0.39 is 0 Å². The van der Waals surface area contributed by atoms with Gasteiger partial charge in [-0.25, -0.2) is 9.97 Å². The predicted octanol–water partition coefficient (Wildman–Crippen LogP) is 4.38. The lowest BCUT2D eigenvalue weighted by atomic mass is 10.1. The Hall–Kier alpha value is -4.91. The highest BCUT2D eigenvalue weighted by molar-refractivity contribution is 5.94. The highest BCUT2D eigenvalue weighted by Crippen LogP contribution is 2.34. The zero-order valence-corrected chi connectivity index (χ0v) is 20.1. The second-order valence-corrected chi connectivity index (χ2v) is 8.69. The largest absolute Gasteiger partial charge is 0.456 e. The first-order valence-corrected chi connectivity index (χ1v) is 12.0. The summed E-state index contributed by atoms with van der Waals surface area (Å²) in [5, 5.41) is 11.6. The fourth-order valence-corrected chi connectivity index (χ4v) is 4.46. The van der Waals surface area contributed by atoms with Crippen LogP contribution in [0, 0.1) is 11.8 Å². The zero-order valence-electron chi connectivity index (χ0n) is 20.1. The summed E-state index contributed by atoms with van der Waals surface area (Å²) >= 11 is 0. The molecule has 4 aromatic heterocycles. The van der Waals surface area contributed by atoms with Gasteiger partial charge in [0.15, 0.2) is 22.7 Å². The van der Waals surface area contributed by atoms with Gasteiger partial charge in [0.1, 0.15) is 16.9 Å². The number of ether oxygens (including phenoxy) is 1. The Morgan fingerprint density at radius 1 is 1.19 bits per heavy atom. The van der Waals surface area contributed by atoms with E-state index in [0.717, 1.165) is 23.8 Å². The molecule has 37 heavy (non-hydrogen) atoms. The van der Waals surface area contributed by atoms with Crippen molar-refractivity contribution < 1.29 is 13.9 Å². The maximum Gasteiger partial charge on any atom is 0.298 e. The number of piperidine rings is 1. The number of pyridine rings is 2. The van der Waals surface area contributed by atoms with E-state index in [1.807, 2.05) is 36.4 Å². The smallest absolute Gasteiger partial charge is 0.298 e. The van der Waals surface area contributed by atoms with Crippen LogP contribution < -0.4 is 10.1 Å². The van der Waals surface area contributed by atoms with Gasteiger partial charge in [-0.05, 0) is 62.1 Å². The Balaban J connectivity index is 1.22. The van der Waals surface area contributed by atoms with Gasteiger partial charge >= 0.3 is 0 Å². The van der Waals surface area contributed by atoms with E-state index in [4.69, 9.17) is 9.15 Å². The number of oxazole rings is 1.